The Morgan fingerprint density at radius 1 is 1.21 bits per heavy atom. The molecule has 4 rings (SSSR count). The van der Waals surface area contributed by atoms with E-state index in [0.717, 1.165) is 17.4 Å². The summed E-state index contributed by atoms with van der Waals surface area (Å²) in [5.41, 5.74) is 0.110. The van der Waals surface area contributed by atoms with Gasteiger partial charge in [0.25, 0.3) is 11.1 Å². The van der Waals surface area contributed by atoms with Gasteiger partial charge in [0.15, 0.2) is 12.4 Å². The minimum atomic E-state index is -0.702. The molecule has 9 heteroatoms. The largest absolute Gasteiger partial charge is 0.484 e. The molecule has 0 unspecified atom stereocenters. The zero-order chi connectivity index (χ0) is 20.4. The Bertz CT molecular complexity index is 1020. The van der Waals surface area contributed by atoms with Crippen molar-refractivity contribution in [3.8, 4) is 10.9 Å². The molecule has 0 saturated carbocycles. The van der Waals surface area contributed by atoms with Gasteiger partial charge < -0.3 is 14.4 Å². The molecule has 3 aromatic rings. The summed E-state index contributed by atoms with van der Waals surface area (Å²) in [5, 5.41) is 0.909. The van der Waals surface area contributed by atoms with E-state index in [-0.39, 0.29) is 24.1 Å². The third-order valence-corrected chi connectivity index (χ3v) is 5.78. The van der Waals surface area contributed by atoms with E-state index in [9.17, 15) is 13.6 Å². The molecule has 0 atom stereocenters. The highest BCUT2D eigenvalue weighted by Crippen LogP contribution is 2.32. The van der Waals surface area contributed by atoms with Crippen molar-refractivity contribution < 1.29 is 23.0 Å². The molecule has 2 aromatic carbocycles. The molecule has 0 radical (unpaired) electrons. The predicted molar refractivity (Wildman–Crippen MR) is 107 cm³/mol. The monoisotopic (exact) mass is 438 g/mol. The van der Waals surface area contributed by atoms with Crippen molar-refractivity contribution in [1.82, 2.24) is 9.88 Å². The van der Waals surface area contributed by atoms with Crippen molar-refractivity contribution in [3.05, 3.63) is 53.1 Å². The van der Waals surface area contributed by atoms with E-state index < -0.39 is 11.6 Å². The van der Waals surface area contributed by atoms with Crippen LogP contribution >= 0.6 is 22.9 Å². The number of carbonyl (C=O) groups excluding carboxylic acids is 1. The van der Waals surface area contributed by atoms with E-state index in [1.807, 2.05) is 0 Å². The summed E-state index contributed by atoms with van der Waals surface area (Å²) in [4.78, 5) is 18.2. The van der Waals surface area contributed by atoms with E-state index in [4.69, 9.17) is 21.1 Å². The summed E-state index contributed by atoms with van der Waals surface area (Å²) < 4.78 is 38.8. The Balaban J connectivity index is 1.28. The van der Waals surface area contributed by atoms with Crippen molar-refractivity contribution in [1.29, 1.82) is 0 Å². The Morgan fingerprint density at radius 2 is 1.93 bits per heavy atom. The van der Waals surface area contributed by atoms with Crippen LogP contribution in [0.5, 0.6) is 10.9 Å². The maximum absolute atomic E-state index is 13.8. The number of carbonyl (C=O) groups is 1. The summed E-state index contributed by atoms with van der Waals surface area (Å²) in [7, 11) is 0. The first-order valence-electron chi connectivity index (χ1n) is 9.06. The van der Waals surface area contributed by atoms with Crippen molar-refractivity contribution in [2.75, 3.05) is 19.7 Å². The number of ether oxygens (including phenoxy) is 2. The number of fused-ring (bicyclic) bond motifs is 1. The number of likely N-dealkylation sites (tertiary alicyclic amines) is 1. The first-order chi connectivity index (χ1) is 14.0. The molecule has 0 N–H and O–H groups in total. The van der Waals surface area contributed by atoms with Crippen LogP contribution in [-0.4, -0.2) is 41.6 Å². The average Bonchev–Trinajstić information content (AvgIpc) is 3.10. The first kappa shape index (κ1) is 19.8. The number of hydrogen-bond acceptors (Lipinski definition) is 5. The van der Waals surface area contributed by atoms with Crippen LogP contribution in [0.25, 0.3) is 10.2 Å². The molecule has 1 aromatic heterocycles. The molecule has 1 amide bonds. The van der Waals surface area contributed by atoms with Crippen LogP contribution in [0.3, 0.4) is 0 Å². The Morgan fingerprint density at radius 3 is 2.66 bits per heavy atom. The number of piperidine rings is 1. The van der Waals surface area contributed by atoms with E-state index in [0.29, 0.717) is 46.6 Å². The molecule has 0 spiro atoms. The third kappa shape index (κ3) is 4.76. The van der Waals surface area contributed by atoms with Gasteiger partial charge in [0.05, 0.1) is 4.70 Å². The number of rotatable bonds is 5. The standard InChI is InChI=1S/C20H17ClF2N2O3S/c21-12-1-3-14(4-2-12)27-11-18(26)25-7-5-15(6-8-25)28-20-24-19-16(23)9-13(22)10-17(19)29-20/h1-4,9-10,15H,5-8,11H2. The number of aromatic nitrogens is 1. The molecular weight excluding hydrogens is 422 g/mol. The van der Waals surface area contributed by atoms with Gasteiger partial charge in [-0.2, -0.15) is 4.98 Å². The second-order valence-electron chi connectivity index (χ2n) is 6.65. The molecule has 5 nitrogen and oxygen atoms in total. The number of halogens is 3. The van der Waals surface area contributed by atoms with Crippen molar-refractivity contribution >= 4 is 39.1 Å². The minimum absolute atomic E-state index is 0.0458. The molecule has 152 valence electrons. The van der Waals surface area contributed by atoms with E-state index in [1.54, 1.807) is 29.2 Å². The van der Waals surface area contributed by atoms with Crippen LogP contribution in [-0.2, 0) is 4.79 Å². The zero-order valence-electron chi connectivity index (χ0n) is 15.2. The fraction of sp³-hybridized carbons (Fsp3) is 0.300. The zero-order valence-corrected chi connectivity index (χ0v) is 16.8. The lowest BCUT2D eigenvalue weighted by atomic mass is 10.1. The highest BCUT2D eigenvalue weighted by Gasteiger charge is 2.25. The van der Waals surface area contributed by atoms with Crippen LogP contribution in [0.2, 0.25) is 5.02 Å². The van der Waals surface area contributed by atoms with Gasteiger partial charge in [-0.1, -0.05) is 22.9 Å². The molecule has 1 fully saturated rings. The number of thiazole rings is 1. The van der Waals surface area contributed by atoms with E-state index >= 15 is 0 Å². The quantitative estimate of drug-likeness (QED) is 0.580. The number of hydrogen-bond donors (Lipinski definition) is 0. The Hall–Kier alpha value is -2.45. The van der Waals surface area contributed by atoms with Gasteiger partial charge in [-0.15, -0.1) is 0 Å². The number of nitrogens with zero attached hydrogens (tertiary/aromatic N) is 2. The maximum atomic E-state index is 13.8. The highest BCUT2D eigenvalue weighted by molar-refractivity contribution is 7.20. The molecule has 29 heavy (non-hydrogen) atoms. The fourth-order valence-electron chi connectivity index (χ4n) is 3.12. The average molecular weight is 439 g/mol. The molecule has 0 bridgehead atoms. The van der Waals surface area contributed by atoms with Gasteiger partial charge in [0.2, 0.25) is 0 Å². The minimum Gasteiger partial charge on any atom is -0.484 e. The smallest absolute Gasteiger partial charge is 0.274 e. The SMILES string of the molecule is O=C(COc1ccc(Cl)cc1)N1CCC(Oc2nc3c(F)cc(F)cc3s2)CC1. The molecular formula is C20H17ClF2N2O3S. The summed E-state index contributed by atoms with van der Waals surface area (Å²) in [5.74, 6) is -0.860. The first-order valence-corrected chi connectivity index (χ1v) is 10.3. The molecule has 1 aliphatic rings. The van der Waals surface area contributed by atoms with Gasteiger partial charge in [-0.3, -0.25) is 4.79 Å². The fourth-order valence-corrected chi connectivity index (χ4v) is 4.17. The van der Waals surface area contributed by atoms with Crippen LogP contribution in [0, 0.1) is 11.6 Å². The van der Waals surface area contributed by atoms with Crippen molar-refractivity contribution in [2.24, 2.45) is 0 Å². The number of benzene rings is 2. The predicted octanol–water partition coefficient (Wildman–Crippen LogP) is 4.68. The second kappa shape index (κ2) is 8.51. The number of amides is 1. The molecule has 1 saturated heterocycles. The van der Waals surface area contributed by atoms with E-state index in [2.05, 4.69) is 4.98 Å². The van der Waals surface area contributed by atoms with Crippen molar-refractivity contribution in [2.45, 2.75) is 18.9 Å². The summed E-state index contributed by atoms with van der Waals surface area (Å²) in [6.45, 7) is 1.01. The van der Waals surface area contributed by atoms with Crippen LogP contribution < -0.4 is 9.47 Å². The summed E-state index contributed by atoms with van der Waals surface area (Å²) in [6.07, 6.45) is 1.11. The van der Waals surface area contributed by atoms with Crippen LogP contribution in [0.15, 0.2) is 36.4 Å². The van der Waals surface area contributed by atoms with Gasteiger partial charge in [0.1, 0.15) is 23.2 Å². The molecule has 1 aliphatic heterocycles. The molecule has 2 heterocycles. The Labute approximate surface area is 174 Å². The van der Waals surface area contributed by atoms with Gasteiger partial charge in [-0.05, 0) is 30.3 Å². The third-order valence-electron chi connectivity index (χ3n) is 4.63. The Kier molecular flexibility index (Phi) is 5.82. The van der Waals surface area contributed by atoms with Crippen molar-refractivity contribution in [3.63, 3.8) is 0 Å². The second-order valence-corrected chi connectivity index (χ2v) is 8.08. The van der Waals surface area contributed by atoms with Crippen LogP contribution in [0.1, 0.15) is 12.8 Å². The normalized spacial score (nSPS) is 14.9. The summed E-state index contributed by atoms with van der Waals surface area (Å²) in [6, 6.07) is 8.87. The lowest BCUT2D eigenvalue weighted by Crippen LogP contribution is -2.43. The molecule has 0 aliphatic carbocycles. The summed E-state index contributed by atoms with van der Waals surface area (Å²) >= 11 is 6.93. The van der Waals surface area contributed by atoms with E-state index in [1.165, 1.54) is 6.07 Å². The maximum Gasteiger partial charge on any atom is 0.274 e. The topological polar surface area (TPSA) is 51.7 Å². The highest BCUT2D eigenvalue weighted by atomic mass is 35.5. The van der Waals surface area contributed by atoms with Gasteiger partial charge in [-0.25, -0.2) is 8.78 Å². The van der Waals surface area contributed by atoms with Crippen LogP contribution in [0.4, 0.5) is 8.78 Å². The van der Waals surface area contributed by atoms with Gasteiger partial charge >= 0.3 is 0 Å². The van der Waals surface area contributed by atoms with Gasteiger partial charge in [0, 0.05) is 37.0 Å². The lowest BCUT2D eigenvalue weighted by Gasteiger charge is -2.31. The lowest BCUT2D eigenvalue weighted by molar-refractivity contribution is -0.135.